The van der Waals surface area contributed by atoms with Crippen molar-refractivity contribution in [3.63, 3.8) is 0 Å². The molecule has 1 N–H and O–H groups in total. The maximum absolute atomic E-state index is 13.6. The van der Waals surface area contributed by atoms with Crippen molar-refractivity contribution in [2.24, 2.45) is 0 Å². The van der Waals surface area contributed by atoms with Crippen LogP contribution in [0.5, 0.6) is 11.5 Å². The third-order valence-electron chi connectivity index (χ3n) is 7.57. The highest BCUT2D eigenvalue weighted by Gasteiger charge is 2.34. The minimum Gasteiger partial charge on any atom is -0.507 e. The normalized spacial score (nSPS) is 14.1. The van der Waals surface area contributed by atoms with E-state index in [1.807, 2.05) is 65.0 Å². The molecular formula is C32H29BrO4. The van der Waals surface area contributed by atoms with Gasteiger partial charge in [0.15, 0.2) is 0 Å². The third kappa shape index (κ3) is 4.11. The second-order valence-electron chi connectivity index (χ2n) is 10.0. The molecular weight excluding hydrogens is 528 g/mol. The number of hydrogen-bond donors (Lipinski definition) is 1. The van der Waals surface area contributed by atoms with E-state index in [4.69, 9.17) is 9.15 Å². The van der Waals surface area contributed by atoms with E-state index >= 15 is 0 Å². The quantitative estimate of drug-likeness (QED) is 0.258. The lowest BCUT2D eigenvalue weighted by atomic mass is 9.79. The van der Waals surface area contributed by atoms with Crippen LogP contribution in [0.1, 0.15) is 57.3 Å². The first-order chi connectivity index (χ1) is 17.5. The van der Waals surface area contributed by atoms with Gasteiger partial charge >= 0.3 is 5.63 Å². The first-order valence-corrected chi connectivity index (χ1v) is 13.0. The van der Waals surface area contributed by atoms with Gasteiger partial charge in [0.1, 0.15) is 22.8 Å². The summed E-state index contributed by atoms with van der Waals surface area (Å²) >= 11 is 3.64. The van der Waals surface area contributed by atoms with Crippen LogP contribution >= 0.6 is 15.9 Å². The number of aromatic hydroxyl groups is 1. The number of fused-ring (bicyclic) bond motifs is 2. The monoisotopic (exact) mass is 556 g/mol. The molecule has 2 heterocycles. The Bertz CT molecular complexity index is 1720. The molecule has 0 aliphatic carbocycles. The van der Waals surface area contributed by atoms with Gasteiger partial charge in [-0.2, -0.15) is 0 Å². The van der Waals surface area contributed by atoms with E-state index in [-0.39, 0.29) is 11.3 Å². The highest BCUT2D eigenvalue weighted by Crippen LogP contribution is 2.48. The van der Waals surface area contributed by atoms with E-state index in [9.17, 15) is 9.90 Å². The second-order valence-corrected chi connectivity index (χ2v) is 10.9. The fraction of sp³-hybridized carbons (Fsp3) is 0.219. The Kier molecular flexibility index (Phi) is 6.15. The molecule has 1 atom stereocenters. The Morgan fingerprint density at radius 2 is 1.51 bits per heavy atom. The molecule has 3 aromatic carbocycles. The maximum atomic E-state index is 13.6. The number of hydrogen-bond acceptors (Lipinski definition) is 4. The van der Waals surface area contributed by atoms with E-state index < -0.39 is 11.5 Å². The molecule has 4 aromatic rings. The highest BCUT2D eigenvalue weighted by atomic mass is 79.9. The number of rotatable bonds is 3. The standard InChI is InChI=1S/C32H29BrO4/c1-15-8-9-22(14-25(15)33)29(28-20(6)23-10-16(2)18(4)12-26(23)36-21(28)7)30-31(34)24-11-17(3)19(5)13-27(24)37-32(30)35/h8-14,29,34H,7H2,1-6H3. The average molecular weight is 557 g/mol. The van der Waals surface area contributed by atoms with Crippen LogP contribution in [0.3, 0.4) is 0 Å². The molecule has 4 nitrogen and oxygen atoms in total. The Morgan fingerprint density at radius 1 is 0.865 bits per heavy atom. The number of ether oxygens (including phenoxy) is 1. The summed E-state index contributed by atoms with van der Waals surface area (Å²) in [6, 6.07) is 13.7. The summed E-state index contributed by atoms with van der Waals surface area (Å²) < 4.78 is 13.0. The Hall–Kier alpha value is -3.57. The summed E-state index contributed by atoms with van der Waals surface area (Å²) in [5, 5.41) is 12.1. The summed E-state index contributed by atoms with van der Waals surface area (Å²) in [4.78, 5) is 13.6. The van der Waals surface area contributed by atoms with E-state index in [0.717, 1.165) is 60.3 Å². The summed E-state index contributed by atoms with van der Waals surface area (Å²) in [6.07, 6.45) is 0. The van der Waals surface area contributed by atoms with Gasteiger partial charge in [-0.1, -0.05) is 34.6 Å². The Labute approximate surface area is 225 Å². The molecule has 5 heteroatoms. The lowest BCUT2D eigenvalue weighted by molar-refractivity contribution is 0.420. The van der Waals surface area contributed by atoms with E-state index in [0.29, 0.717) is 16.7 Å². The van der Waals surface area contributed by atoms with E-state index in [1.54, 1.807) is 6.07 Å². The Balaban J connectivity index is 1.88. The average Bonchev–Trinajstić information content (AvgIpc) is 2.83. The zero-order chi connectivity index (χ0) is 26.8. The molecule has 5 rings (SSSR count). The lowest BCUT2D eigenvalue weighted by Gasteiger charge is -2.30. The van der Waals surface area contributed by atoms with Gasteiger partial charge in [0.25, 0.3) is 0 Å². The van der Waals surface area contributed by atoms with Gasteiger partial charge in [0, 0.05) is 21.5 Å². The van der Waals surface area contributed by atoms with E-state index in [2.05, 4.69) is 35.5 Å². The molecule has 0 saturated heterocycles. The largest absolute Gasteiger partial charge is 0.507 e. The molecule has 0 bridgehead atoms. The van der Waals surface area contributed by atoms with Crippen molar-refractivity contribution in [1.29, 1.82) is 0 Å². The fourth-order valence-electron chi connectivity index (χ4n) is 5.06. The molecule has 0 saturated carbocycles. The van der Waals surface area contributed by atoms with Crippen LogP contribution < -0.4 is 10.4 Å². The Morgan fingerprint density at radius 3 is 2.22 bits per heavy atom. The van der Waals surface area contributed by atoms with Crippen molar-refractivity contribution >= 4 is 32.5 Å². The van der Waals surface area contributed by atoms with Crippen LogP contribution in [0.4, 0.5) is 0 Å². The summed E-state index contributed by atoms with van der Waals surface area (Å²) in [7, 11) is 0. The number of aryl methyl sites for hydroxylation is 5. The predicted molar refractivity (Wildman–Crippen MR) is 153 cm³/mol. The minimum atomic E-state index is -0.665. The molecule has 188 valence electrons. The van der Waals surface area contributed by atoms with Crippen LogP contribution in [-0.4, -0.2) is 5.11 Å². The lowest BCUT2D eigenvalue weighted by Crippen LogP contribution is -2.21. The van der Waals surface area contributed by atoms with Crippen LogP contribution in [-0.2, 0) is 0 Å². The van der Waals surface area contributed by atoms with Crippen LogP contribution in [0.2, 0.25) is 0 Å². The first kappa shape index (κ1) is 25.1. The van der Waals surface area contributed by atoms with Crippen molar-refractivity contribution in [2.45, 2.75) is 47.5 Å². The number of benzene rings is 3. The second kappa shape index (κ2) is 9.07. The molecule has 0 radical (unpaired) electrons. The highest BCUT2D eigenvalue weighted by molar-refractivity contribution is 9.10. The molecule has 0 amide bonds. The van der Waals surface area contributed by atoms with Gasteiger partial charge in [0.05, 0.1) is 10.9 Å². The molecule has 1 aliphatic heterocycles. The minimum absolute atomic E-state index is 0.0879. The maximum Gasteiger partial charge on any atom is 0.344 e. The number of allylic oxidation sites excluding steroid dienone is 2. The number of halogens is 1. The topological polar surface area (TPSA) is 59.7 Å². The van der Waals surface area contributed by atoms with Crippen molar-refractivity contribution in [3.8, 4) is 11.5 Å². The molecule has 1 aliphatic rings. The van der Waals surface area contributed by atoms with Crippen molar-refractivity contribution < 1.29 is 14.3 Å². The van der Waals surface area contributed by atoms with Gasteiger partial charge in [-0.15, -0.1) is 0 Å². The van der Waals surface area contributed by atoms with Gasteiger partial charge < -0.3 is 14.3 Å². The van der Waals surface area contributed by atoms with Crippen molar-refractivity contribution in [3.05, 3.63) is 120 Å². The van der Waals surface area contributed by atoms with Crippen LogP contribution in [0.25, 0.3) is 16.5 Å². The first-order valence-electron chi connectivity index (χ1n) is 12.2. The van der Waals surface area contributed by atoms with Crippen molar-refractivity contribution in [2.75, 3.05) is 0 Å². The fourth-order valence-corrected chi connectivity index (χ4v) is 5.46. The smallest absolute Gasteiger partial charge is 0.344 e. The van der Waals surface area contributed by atoms with Crippen molar-refractivity contribution in [1.82, 2.24) is 0 Å². The summed E-state index contributed by atoms with van der Waals surface area (Å²) in [5.41, 5.74) is 8.67. The molecule has 37 heavy (non-hydrogen) atoms. The van der Waals surface area contributed by atoms with Gasteiger partial charge in [0.2, 0.25) is 0 Å². The molecule has 0 fully saturated rings. The van der Waals surface area contributed by atoms with E-state index in [1.165, 1.54) is 0 Å². The summed E-state index contributed by atoms with van der Waals surface area (Å²) in [6.45, 7) is 16.3. The van der Waals surface area contributed by atoms with Gasteiger partial charge in [-0.05, 0) is 111 Å². The molecule has 0 spiro atoms. The third-order valence-corrected chi connectivity index (χ3v) is 8.43. The zero-order valence-corrected chi connectivity index (χ0v) is 23.5. The van der Waals surface area contributed by atoms with Crippen LogP contribution in [0.15, 0.2) is 74.1 Å². The van der Waals surface area contributed by atoms with Gasteiger partial charge in [-0.3, -0.25) is 0 Å². The molecule has 1 aromatic heterocycles. The summed E-state index contributed by atoms with van der Waals surface area (Å²) in [5.74, 6) is 0.421. The van der Waals surface area contributed by atoms with Crippen LogP contribution in [0, 0.1) is 34.6 Å². The molecule has 1 unspecified atom stereocenters. The SMILES string of the molecule is C=C1Oc2cc(C)c(C)cc2C(C)=C1C(c1ccc(C)c(Br)c1)c1c(O)c2cc(C)c(C)cc2oc1=O. The predicted octanol–water partition coefficient (Wildman–Crippen LogP) is 8.31. The zero-order valence-electron chi connectivity index (χ0n) is 21.9. The van der Waals surface area contributed by atoms with Gasteiger partial charge in [-0.25, -0.2) is 4.79 Å².